The molecule has 0 fully saturated rings. The average molecular weight is 360 g/mol. The molecule has 4 nitrogen and oxygen atoms in total. The Morgan fingerprint density at radius 1 is 0.880 bits per heavy atom. The van der Waals surface area contributed by atoms with Crippen LogP contribution in [0.4, 0.5) is 4.39 Å². The van der Waals surface area contributed by atoms with Crippen LogP contribution >= 0.6 is 11.6 Å². The van der Waals surface area contributed by atoms with E-state index in [1.54, 1.807) is 36.5 Å². The first-order valence-electron chi connectivity index (χ1n) is 7.62. The summed E-state index contributed by atoms with van der Waals surface area (Å²) in [4.78, 5) is 12.2. The summed E-state index contributed by atoms with van der Waals surface area (Å²) < 4.78 is 25.4. The molecule has 1 aromatic heterocycles. The van der Waals surface area contributed by atoms with Crippen molar-refractivity contribution in [2.45, 2.75) is 0 Å². The molecule has 0 saturated heterocycles. The van der Waals surface area contributed by atoms with Crippen LogP contribution in [0.15, 0.2) is 71.7 Å². The van der Waals surface area contributed by atoms with Gasteiger partial charge in [0.1, 0.15) is 30.5 Å². The third-order valence-corrected chi connectivity index (χ3v) is 3.68. The van der Waals surface area contributed by atoms with Crippen LogP contribution in [0, 0.1) is 5.82 Å². The largest absolute Gasteiger partial charge is 0.490 e. The zero-order valence-electron chi connectivity index (χ0n) is 13.2. The van der Waals surface area contributed by atoms with Crippen LogP contribution < -0.4 is 15.0 Å². The first-order valence-corrected chi connectivity index (χ1v) is 7.99. The summed E-state index contributed by atoms with van der Waals surface area (Å²) in [5, 5.41) is 0.644. The van der Waals surface area contributed by atoms with Crippen LogP contribution in [0.2, 0.25) is 5.02 Å². The molecule has 0 radical (unpaired) electrons. The molecule has 0 aliphatic heterocycles. The topological polar surface area (TPSA) is 40.5 Å². The predicted octanol–water partition coefficient (Wildman–Crippen LogP) is 4.09. The van der Waals surface area contributed by atoms with Gasteiger partial charge in [0.15, 0.2) is 0 Å². The maximum atomic E-state index is 13.0. The summed E-state index contributed by atoms with van der Waals surface area (Å²) in [5.74, 6) is 0.792. The molecule has 128 valence electrons. The highest BCUT2D eigenvalue weighted by Crippen LogP contribution is 2.15. The summed E-state index contributed by atoms with van der Waals surface area (Å²) in [5.41, 5.74) is 0.326. The second kappa shape index (κ2) is 7.85. The number of pyridine rings is 1. The van der Waals surface area contributed by atoms with Crippen LogP contribution in [0.25, 0.3) is 5.69 Å². The number of rotatable bonds is 6. The number of aromatic nitrogens is 1. The molecule has 0 saturated carbocycles. The second-order valence-corrected chi connectivity index (χ2v) is 5.63. The molecule has 0 aliphatic rings. The van der Waals surface area contributed by atoms with Gasteiger partial charge < -0.3 is 9.47 Å². The number of halogens is 2. The molecule has 25 heavy (non-hydrogen) atoms. The van der Waals surface area contributed by atoms with Gasteiger partial charge in [-0.3, -0.25) is 9.36 Å². The van der Waals surface area contributed by atoms with Crippen molar-refractivity contribution in [1.82, 2.24) is 4.57 Å². The molecule has 0 atom stereocenters. The monoisotopic (exact) mass is 359 g/mol. The molecule has 1 heterocycles. The molecular formula is C19H15ClFNO3. The van der Waals surface area contributed by atoms with Crippen molar-refractivity contribution in [1.29, 1.82) is 0 Å². The van der Waals surface area contributed by atoms with E-state index in [-0.39, 0.29) is 11.4 Å². The fourth-order valence-electron chi connectivity index (χ4n) is 2.22. The molecule has 0 aliphatic carbocycles. The number of hydrogen-bond acceptors (Lipinski definition) is 3. The normalized spacial score (nSPS) is 10.5. The summed E-state index contributed by atoms with van der Waals surface area (Å²) >= 11 is 5.80. The summed E-state index contributed by atoms with van der Waals surface area (Å²) in [7, 11) is 0. The van der Waals surface area contributed by atoms with E-state index in [0.29, 0.717) is 35.4 Å². The van der Waals surface area contributed by atoms with E-state index in [0.717, 1.165) is 0 Å². The maximum Gasteiger partial charge on any atom is 0.258 e. The summed E-state index contributed by atoms with van der Waals surface area (Å²) in [6.07, 6.45) is 1.59. The number of hydrogen-bond donors (Lipinski definition) is 0. The highest BCUT2D eigenvalue weighted by atomic mass is 35.5. The van der Waals surface area contributed by atoms with Crippen molar-refractivity contribution in [2.75, 3.05) is 13.2 Å². The fraction of sp³-hybridized carbons (Fsp3) is 0.105. The van der Waals surface area contributed by atoms with E-state index in [1.807, 2.05) is 0 Å². The molecule has 2 aromatic carbocycles. The smallest absolute Gasteiger partial charge is 0.258 e. The zero-order chi connectivity index (χ0) is 17.6. The van der Waals surface area contributed by atoms with Crippen molar-refractivity contribution in [2.24, 2.45) is 0 Å². The molecule has 6 heteroatoms. The Labute approximate surface area is 149 Å². The number of nitrogens with zero attached hydrogens (tertiary/aromatic N) is 1. The zero-order valence-corrected chi connectivity index (χ0v) is 13.9. The Bertz CT molecular complexity index is 892. The second-order valence-electron chi connectivity index (χ2n) is 5.20. The lowest BCUT2D eigenvalue weighted by Crippen LogP contribution is -2.17. The Morgan fingerprint density at radius 2 is 1.52 bits per heavy atom. The van der Waals surface area contributed by atoms with Crippen LogP contribution in [0.5, 0.6) is 11.5 Å². The molecule has 0 bridgehead atoms. The maximum absolute atomic E-state index is 13.0. The first kappa shape index (κ1) is 17.0. The quantitative estimate of drug-likeness (QED) is 0.622. The van der Waals surface area contributed by atoms with Gasteiger partial charge in [0, 0.05) is 23.0 Å². The molecule has 3 rings (SSSR count). The van der Waals surface area contributed by atoms with Gasteiger partial charge in [0.25, 0.3) is 5.56 Å². The van der Waals surface area contributed by atoms with Crippen molar-refractivity contribution in [3.63, 3.8) is 0 Å². The lowest BCUT2D eigenvalue weighted by molar-refractivity contribution is 0.217. The first-order chi connectivity index (χ1) is 12.1. The minimum absolute atomic E-state index is 0.261. The van der Waals surface area contributed by atoms with Gasteiger partial charge in [-0.25, -0.2) is 4.39 Å². The van der Waals surface area contributed by atoms with Crippen LogP contribution in [-0.4, -0.2) is 17.8 Å². The van der Waals surface area contributed by atoms with E-state index in [9.17, 15) is 9.18 Å². The van der Waals surface area contributed by atoms with E-state index < -0.39 is 0 Å². The number of benzene rings is 2. The molecule has 3 aromatic rings. The van der Waals surface area contributed by atoms with E-state index in [1.165, 1.54) is 34.9 Å². The predicted molar refractivity (Wildman–Crippen MR) is 94.4 cm³/mol. The summed E-state index contributed by atoms with van der Waals surface area (Å²) in [6, 6.07) is 15.8. The third kappa shape index (κ3) is 4.61. The highest BCUT2D eigenvalue weighted by Gasteiger charge is 2.03. The third-order valence-electron chi connectivity index (χ3n) is 3.43. The standard InChI is InChI=1S/C19H15ClFNO3/c20-14-1-7-17(8-2-14)24-11-12-25-18-9-10-22(19(23)13-18)16-5-3-15(21)4-6-16/h1-10,13H,11-12H2. The van der Waals surface area contributed by atoms with Gasteiger partial charge in [-0.05, 0) is 54.6 Å². The van der Waals surface area contributed by atoms with Crippen molar-refractivity contribution in [3.05, 3.63) is 88.1 Å². The lowest BCUT2D eigenvalue weighted by atomic mass is 10.3. The van der Waals surface area contributed by atoms with Gasteiger partial charge in [-0.15, -0.1) is 0 Å². The van der Waals surface area contributed by atoms with Gasteiger partial charge in [0.2, 0.25) is 0 Å². The molecule has 0 unspecified atom stereocenters. The Balaban J connectivity index is 1.57. The Hall–Kier alpha value is -2.79. The van der Waals surface area contributed by atoms with Crippen molar-refractivity contribution < 1.29 is 13.9 Å². The van der Waals surface area contributed by atoms with Crippen LogP contribution in [-0.2, 0) is 0 Å². The minimum atomic E-state index is -0.350. The summed E-state index contributed by atoms with van der Waals surface area (Å²) in [6.45, 7) is 0.630. The highest BCUT2D eigenvalue weighted by molar-refractivity contribution is 6.30. The molecule has 0 amide bonds. The van der Waals surface area contributed by atoms with Crippen molar-refractivity contribution in [3.8, 4) is 17.2 Å². The van der Waals surface area contributed by atoms with Gasteiger partial charge in [0.05, 0.1) is 0 Å². The van der Waals surface area contributed by atoms with Crippen LogP contribution in [0.1, 0.15) is 0 Å². The SMILES string of the molecule is O=c1cc(OCCOc2ccc(Cl)cc2)ccn1-c1ccc(F)cc1. The van der Waals surface area contributed by atoms with E-state index in [4.69, 9.17) is 21.1 Å². The van der Waals surface area contributed by atoms with Crippen molar-refractivity contribution >= 4 is 11.6 Å². The Kier molecular flexibility index (Phi) is 5.36. The molecule has 0 N–H and O–H groups in total. The lowest BCUT2D eigenvalue weighted by Gasteiger charge is -2.10. The van der Waals surface area contributed by atoms with Gasteiger partial charge >= 0.3 is 0 Å². The Morgan fingerprint density at radius 3 is 2.16 bits per heavy atom. The average Bonchev–Trinajstić information content (AvgIpc) is 2.61. The van der Waals surface area contributed by atoms with Gasteiger partial charge in [-0.2, -0.15) is 0 Å². The molecular weight excluding hydrogens is 345 g/mol. The molecule has 0 spiro atoms. The fourth-order valence-corrected chi connectivity index (χ4v) is 2.34. The minimum Gasteiger partial charge on any atom is -0.490 e. The van der Waals surface area contributed by atoms with E-state index in [2.05, 4.69) is 0 Å². The van der Waals surface area contributed by atoms with E-state index >= 15 is 0 Å². The van der Waals surface area contributed by atoms with Crippen LogP contribution in [0.3, 0.4) is 0 Å². The number of ether oxygens (including phenoxy) is 2. The van der Waals surface area contributed by atoms with Gasteiger partial charge in [-0.1, -0.05) is 11.6 Å².